The zero-order valence-electron chi connectivity index (χ0n) is 58.7. The SMILES string of the molecule is CCOC(=O)C[C@H](NC(=O)C(CC(C)C)n1cc(CCN(C)C)c(C(F)(F)F)cc1=O)c1c(F)c(-c2c(C)ccc(C)c2C)cc(C(F)(F)F)c1F.Cc1ccc(C)c(-c2cc(C(F)(F)F)c(F)c([C@H](CC(=O)O)NC(=O)C(CC(C)C)n3cc(CCN(C)C)c(C(F)(F)F)cc3=O)c2F)c1C. The van der Waals surface area contributed by atoms with Crippen molar-refractivity contribution in [3.63, 3.8) is 0 Å². The molecule has 0 spiro atoms. The molecule has 0 saturated heterocycles. The van der Waals surface area contributed by atoms with Crippen molar-refractivity contribution < 1.29 is 99.3 Å². The summed E-state index contributed by atoms with van der Waals surface area (Å²) in [5.41, 5.74) is -10.6. The number of hydrogen-bond acceptors (Lipinski definition) is 9. The molecule has 0 bridgehead atoms. The number of likely N-dealkylation sites (N-methyl/N-ethyl adjacent to an activating group) is 2. The van der Waals surface area contributed by atoms with E-state index in [1.165, 1.54) is 33.8 Å². The Morgan fingerprint density at radius 3 is 1.12 bits per heavy atom. The highest BCUT2D eigenvalue weighted by Crippen LogP contribution is 2.45. The lowest BCUT2D eigenvalue weighted by Gasteiger charge is -2.28. The number of nitrogens with zero attached hydrogens (tertiary/aromatic N) is 4. The normalized spacial score (nSPS) is 13.5. The number of hydrogen-bond donors (Lipinski definition) is 3. The smallest absolute Gasteiger partial charge is 0.419 e. The minimum atomic E-state index is -5.37. The lowest BCUT2D eigenvalue weighted by molar-refractivity contribution is -0.144. The average molecular weight is 1460 g/mol. The molecule has 4 aromatic carbocycles. The van der Waals surface area contributed by atoms with Crippen molar-refractivity contribution in [3.8, 4) is 22.3 Å². The first kappa shape index (κ1) is 84.1. The number of amides is 2. The Balaban J connectivity index is 0.000000367. The second kappa shape index (κ2) is 33.7. The summed E-state index contributed by atoms with van der Waals surface area (Å²) in [7, 11) is 6.47. The number of aliphatic carboxylic acids is 1. The molecule has 6 rings (SSSR count). The van der Waals surface area contributed by atoms with E-state index in [1.807, 2.05) is 0 Å². The highest BCUT2D eigenvalue weighted by atomic mass is 19.4. The monoisotopic (exact) mass is 1460 g/mol. The summed E-state index contributed by atoms with van der Waals surface area (Å²) in [4.78, 5) is 82.3. The molecule has 2 amide bonds. The Morgan fingerprint density at radius 1 is 0.500 bits per heavy atom. The number of aromatic nitrogens is 2. The van der Waals surface area contributed by atoms with Crippen LogP contribution in [0, 0.1) is 76.6 Å². The van der Waals surface area contributed by atoms with E-state index < -0.39 is 170 Å². The van der Waals surface area contributed by atoms with Gasteiger partial charge in [0.05, 0.1) is 53.8 Å². The maximum absolute atomic E-state index is 16.7. The Kier molecular flexibility index (Phi) is 27.8. The number of halogens is 16. The highest BCUT2D eigenvalue weighted by Gasteiger charge is 2.44. The van der Waals surface area contributed by atoms with Gasteiger partial charge in [-0.2, -0.15) is 52.7 Å². The molecule has 0 radical (unpaired) electrons. The van der Waals surface area contributed by atoms with Gasteiger partial charge in [0.25, 0.3) is 11.1 Å². The van der Waals surface area contributed by atoms with Crippen molar-refractivity contribution in [2.24, 2.45) is 11.8 Å². The van der Waals surface area contributed by atoms with E-state index >= 15 is 17.6 Å². The molecule has 2 heterocycles. The average Bonchev–Trinajstić information content (AvgIpc) is 0.760. The third-order valence-corrected chi connectivity index (χ3v) is 17.2. The molecule has 0 aliphatic rings. The van der Waals surface area contributed by atoms with Crippen LogP contribution in [0.4, 0.5) is 70.2 Å². The number of carbonyl (C=O) groups is 4. The van der Waals surface area contributed by atoms with Gasteiger partial charge < -0.3 is 39.4 Å². The van der Waals surface area contributed by atoms with Gasteiger partial charge in [-0.1, -0.05) is 52.0 Å². The molecule has 0 saturated carbocycles. The first-order chi connectivity index (χ1) is 46.9. The first-order valence-corrected chi connectivity index (χ1v) is 32.2. The number of ether oxygens (including phenoxy) is 1. The molecule has 14 nitrogen and oxygen atoms in total. The molecule has 102 heavy (non-hydrogen) atoms. The number of carbonyl (C=O) groups excluding carboxylic acids is 3. The van der Waals surface area contributed by atoms with Gasteiger partial charge in [-0.05, 0) is 182 Å². The first-order valence-electron chi connectivity index (χ1n) is 32.2. The van der Waals surface area contributed by atoms with Crippen LogP contribution in [0.3, 0.4) is 0 Å². The number of alkyl halides is 12. The second-order valence-electron chi connectivity index (χ2n) is 26.5. The molecule has 3 N–H and O–H groups in total. The van der Waals surface area contributed by atoms with E-state index in [2.05, 4.69) is 10.6 Å². The van der Waals surface area contributed by atoms with Crippen LogP contribution < -0.4 is 21.8 Å². The van der Waals surface area contributed by atoms with Gasteiger partial charge in [-0.25, -0.2) is 17.6 Å². The molecule has 4 atom stereocenters. The number of rotatable bonds is 25. The molecule has 0 aliphatic carbocycles. The summed E-state index contributed by atoms with van der Waals surface area (Å²) < 4.78 is 241. The number of nitrogens with one attached hydrogen (secondary N) is 2. The van der Waals surface area contributed by atoms with E-state index in [9.17, 15) is 86.6 Å². The van der Waals surface area contributed by atoms with Crippen LogP contribution in [0.1, 0.15) is 162 Å². The van der Waals surface area contributed by atoms with Crippen LogP contribution in [0.2, 0.25) is 0 Å². The largest absolute Gasteiger partial charge is 0.481 e. The fraction of sp³-hybridized carbons (Fsp3) is 0.472. The maximum atomic E-state index is 16.7. The van der Waals surface area contributed by atoms with E-state index in [4.69, 9.17) is 4.74 Å². The van der Waals surface area contributed by atoms with Crippen molar-refractivity contribution in [1.82, 2.24) is 29.6 Å². The summed E-state index contributed by atoms with van der Waals surface area (Å²) in [6, 6.07) is 0.126. The van der Waals surface area contributed by atoms with Crippen molar-refractivity contribution >= 4 is 23.8 Å². The highest BCUT2D eigenvalue weighted by molar-refractivity contribution is 5.84. The third kappa shape index (κ3) is 20.6. The standard InChI is InChI=1S/C37H43F8N3O4.C35H39F8N3O4/c1-9-52-30(50)17-27(32-33(38)24(15-26(34(32)39)37(43,44)45)31-21(5)11-10-20(4)22(31)6)46-35(51)28(14-19(2)3)48-18-23(12-13-47(7)8)25(16-29(48)49)36(40,41)42;1-17(2)12-26(46-16-21(10-11-45(6)7)23(14-27(46)47)34(38,39)40)33(50)44-25(15-28(48)49)30-31(36)22(13-24(32(30)37)35(41,42)43)29-19(4)9-8-18(3)20(29)5/h10-11,15-16,18-19,27-28H,9,12-14,17H2,1-8H3,(H,46,51);8-9,13-14,16-17,25-26H,10-12,15H2,1-7H3,(H,44,50)(H,48,49)/t27-,28?;25-,26?/m00/s1. The second-order valence-corrected chi connectivity index (χ2v) is 26.5. The van der Waals surface area contributed by atoms with Gasteiger partial charge in [0, 0.05) is 59.9 Å². The van der Waals surface area contributed by atoms with Gasteiger partial charge in [-0.3, -0.25) is 28.8 Å². The summed E-state index contributed by atoms with van der Waals surface area (Å²) in [6.45, 7) is 17.4. The predicted molar refractivity (Wildman–Crippen MR) is 350 cm³/mol. The topological polar surface area (TPSA) is 172 Å². The zero-order chi connectivity index (χ0) is 77.5. The Hall–Kier alpha value is -8.54. The number of carboxylic acid groups (broad SMARTS) is 1. The van der Waals surface area contributed by atoms with Gasteiger partial charge >= 0.3 is 36.6 Å². The summed E-state index contributed by atoms with van der Waals surface area (Å²) in [5, 5.41) is 14.1. The summed E-state index contributed by atoms with van der Waals surface area (Å²) >= 11 is 0. The summed E-state index contributed by atoms with van der Waals surface area (Å²) in [5.74, 6) is -13.3. The third-order valence-electron chi connectivity index (χ3n) is 17.2. The van der Waals surface area contributed by atoms with Crippen molar-refractivity contribution in [3.05, 3.63) is 183 Å². The van der Waals surface area contributed by atoms with E-state index in [1.54, 1.807) is 105 Å². The van der Waals surface area contributed by atoms with E-state index in [0.717, 1.165) is 21.5 Å². The van der Waals surface area contributed by atoms with Crippen LogP contribution in [0.5, 0.6) is 0 Å². The molecule has 30 heteroatoms. The minimum absolute atomic E-state index is 0.00824. The lowest BCUT2D eigenvalue weighted by Crippen LogP contribution is -2.41. The fourth-order valence-electron chi connectivity index (χ4n) is 11.9. The van der Waals surface area contributed by atoms with Crippen molar-refractivity contribution in [2.75, 3.05) is 47.9 Å². The van der Waals surface area contributed by atoms with Crippen molar-refractivity contribution in [1.29, 1.82) is 0 Å². The zero-order valence-corrected chi connectivity index (χ0v) is 58.7. The molecule has 2 aromatic heterocycles. The Bertz CT molecular complexity index is 4190. The lowest BCUT2D eigenvalue weighted by atomic mass is 9.87. The van der Waals surface area contributed by atoms with Gasteiger partial charge in [0.15, 0.2) is 0 Å². The minimum Gasteiger partial charge on any atom is -0.481 e. The maximum Gasteiger partial charge on any atom is 0.419 e. The predicted octanol–water partition coefficient (Wildman–Crippen LogP) is 16.0. The van der Waals surface area contributed by atoms with Crippen LogP contribution in [-0.2, 0) is 61.5 Å². The van der Waals surface area contributed by atoms with Gasteiger partial charge in [0.2, 0.25) is 11.8 Å². The van der Waals surface area contributed by atoms with Crippen LogP contribution in [-0.4, -0.2) is 95.7 Å². The van der Waals surface area contributed by atoms with Crippen molar-refractivity contribution in [2.45, 2.75) is 164 Å². The van der Waals surface area contributed by atoms with Crippen LogP contribution >= 0.6 is 0 Å². The van der Waals surface area contributed by atoms with Crippen LogP contribution in [0.25, 0.3) is 22.3 Å². The quantitative estimate of drug-likeness (QED) is 0.0370. The molecular weight excluding hydrogens is 1380 g/mol. The molecule has 6 aromatic rings. The number of carboxylic acids is 1. The van der Waals surface area contributed by atoms with Gasteiger partial charge in [-0.15, -0.1) is 0 Å². The number of benzene rings is 4. The Labute approximate surface area is 579 Å². The molecule has 0 aliphatic heterocycles. The number of aryl methyl sites for hydroxylation is 4. The Morgan fingerprint density at radius 2 is 0.824 bits per heavy atom. The number of pyridine rings is 2. The molecule has 560 valence electrons. The molecule has 2 unspecified atom stereocenters. The van der Waals surface area contributed by atoms with Gasteiger partial charge in [0.1, 0.15) is 35.4 Å². The van der Waals surface area contributed by atoms with E-state index in [-0.39, 0.29) is 73.6 Å². The van der Waals surface area contributed by atoms with Crippen LogP contribution in [0.15, 0.2) is 70.5 Å². The fourth-order valence-corrected chi connectivity index (χ4v) is 11.9. The molecular formula is C72H82F16N6O8. The summed E-state index contributed by atoms with van der Waals surface area (Å²) in [6.07, 6.45) is -21.9. The number of esters is 1. The molecule has 0 fully saturated rings. The van der Waals surface area contributed by atoms with E-state index in [0.29, 0.717) is 57.6 Å².